The lowest BCUT2D eigenvalue weighted by molar-refractivity contribution is -0.125. The summed E-state index contributed by atoms with van der Waals surface area (Å²) in [4.78, 5) is 36.4. The molecule has 146 valence electrons. The van der Waals surface area contributed by atoms with Crippen molar-refractivity contribution in [2.75, 3.05) is 16.0 Å². The molecular weight excluding hydrogens is 370 g/mol. The molecule has 0 saturated heterocycles. The maximum atomic E-state index is 12.9. The first kappa shape index (κ1) is 18.4. The quantitative estimate of drug-likeness (QED) is 0.638. The average molecular weight is 389 g/mol. The number of hydrogen-bond donors (Lipinski definition) is 3. The molecule has 4 rings (SSSR count). The number of anilines is 3. The van der Waals surface area contributed by atoms with Gasteiger partial charge in [0.25, 0.3) is 0 Å². The summed E-state index contributed by atoms with van der Waals surface area (Å²) in [6.07, 6.45) is 1.63. The van der Waals surface area contributed by atoms with Gasteiger partial charge in [0.1, 0.15) is 11.9 Å². The number of rotatable bonds is 4. The second kappa shape index (κ2) is 7.59. The monoisotopic (exact) mass is 389 g/mol. The first-order valence-corrected chi connectivity index (χ1v) is 9.12. The van der Waals surface area contributed by atoms with Gasteiger partial charge in [0.15, 0.2) is 0 Å². The molecule has 0 fully saturated rings. The molecular formula is C21H19N5O3. The Bertz CT molecular complexity index is 1090. The van der Waals surface area contributed by atoms with Gasteiger partial charge in [-0.05, 0) is 23.8 Å². The first-order chi connectivity index (χ1) is 14.0. The molecule has 0 saturated carbocycles. The largest absolute Gasteiger partial charge is 0.326 e. The Kier molecular flexibility index (Phi) is 4.82. The number of aromatic nitrogens is 2. The summed E-state index contributed by atoms with van der Waals surface area (Å²) in [5.74, 6) is -0.308. The van der Waals surface area contributed by atoms with E-state index in [-0.39, 0.29) is 24.1 Å². The Balaban J connectivity index is 1.60. The van der Waals surface area contributed by atoms with Crippen molar-refractivity contribution in [2.24, 2.45) is 0 Å². The Hall–Kier alpha value is -3.94. The van der Waals surface area contributed by atoms with Gasteiger partial charge < -0.3 is 16.0 Å². The molecule has 0 bridgehead atoms. The van der Waals surface area contributed by atoms with Crippen LogP contribution in [0.5, 0.6) is 0 Å². The van der Waals surface area contributed by atoms with E-state index in [4.69, 9.17) is 0 Å². The Morgan fingerprint density at radius 3 is 2.52 bits per heavy atom. The molecule has 2 aromatic carbocycles. The third-order valence-corrected chi connectivity index (χ3v) is 4.57. The second-order valence-electron chi connectivity index (χ2n) is 6.74. The maximum absolute atomic E-state index is 12.9. The highest BCUT2D eigenvalue weighted by atomic mass is 16.2. The molecule has 1 aliphatic heterocycles. The fourth-order valence-corrected chi connectivity index (χ4v) is 3.30. The number of nitrogens with zero attached hydrogens (tertiary/aromatic N) is 2. The highest BCUT2D eigenvalue weighted by molar-refractivity contribution is 6.03. The van der Waals surface area contributed by atoms with Crippen molar-refractivity contribution in [3.05, 3.63) is 60.8 Å². The highest BCUT2D eigenvalue weighted by Crippen LogP contribution is 2.34. The van der Waals surface area contributed by atoms with E-state index >= 15 is 0 Å². The van der Waals surface area contributed by atoms with E-state index in [0.29, 0.717) is 17.2 Å². The number of carbonyl (C=O) groups is 3. The molecule has 1 aromatic heterocycles. The van der Waals surface area contributed by atoms with E-state index in [2.05, 4.69) is 21.0 Å². The van der Waals surface area contributed by atoms with Crippen molar-refractivity contribution in [1.82, 2.24) is 9.78 Å². The predicted molar refractivity (Wildman–Crippen MR) is 109 cm³/mol. The molecule has 0 spiro atoms. The van der Waals surface area contributed by atoms with Gasteiger partial charge in [0, 0.05) is 23.9 Å². The molecule has 0 aliphatic carbocycles. The highest BCUT2D eigenvalue weighted by Gasteiger charge is 2.33. The van der Waals surface area contributed by atoms with Gasteiger partial charge in [-0.25, -0.2) is 4.68 Å². The summed E-state index contributed by atoms with van der Waals surface area (Å²) in [7, 11) is 0. The van der Waals surface area contributed by atoms with Crippen LogP contribution in [0, 0.1) is 0 Å². The number of amides is 3. The Morgan fingerprint density at radius 1 is 1.07 bits per heavy atom. The van der Waals surface area contributed by atoms with Crippen LogP contribution in [0.2, 0.25) is 0 Å². The van der Waals surface area contributed by atoms with E-state index in [1.807, 2.05) is 30.3 Å². The fourth-order valence-electron chi connectivity index (χ4n) is 3.30. The normalized spacial score (nSPS) is 15.2. The topological polar surface area (TPSA) is 105 Å². The van der Waals surface area contributed by atoms with E-state index in [1.165, 1.54) is 11.6 Å². The summed E-state index contributed by atoms with van der Waals surface area (Å²) >= 11 is 0. The first-order valence-electron chi connectivity index (χ1n) is 9.12. The van der Waals surface area contributed by atoms with Crippen LogP contribution in [-0.2, 0) is 14.4 Å². The van der Waals surface area contributed by atoms with Gasteiger partial charge in [-0.3, -0.25) is 14.4 Å². The van der Waals surface area contributed by atoms with Crippen molar-refractivity contribution >= 4 is 34.9 Å². The molecule has 1 aliphatic rings. The minimum absolute atomic E-state index is 0.0138. The van der Waals surface area contributed by atoms with Crippen LogP contribution in [0.4, 0.5) is 17.2 Å². The summed E-state index contributed by atoms with van der Waals surface area (Å²) in [5.41, 5.74) is 2.74. The Morgan fingerprint density at radius 2 is 1.79 bits per heavy atom. The zero-order chi connectivity index (χ0) is 20.4. The van der Waals surface area contributed by atoms with Crippen LogP contribution in [-0.4, -0.2) is 27.5 Å². The van der Waals surface area contributed by atoms with E-state index in [9.17, 15) is 14.4 Å². The molecule has 1 unspecified atom stereocenters. The minimum atomic E-state index is -0.777. The van der Waals surface area contributed by atoms with Crippen LogP contribution in [0.25, 0.3) is 11.1 Å². The smallest absolute Gasteiger partial charge is 0.249 e. The third-order valence-electron chi connectivity index (χ3n) is 4.57. The van der Waals surface area contributed by atoms with E-state index < -0.39 is 6.04 Å². The van der Waals surface area contributed by atoms with Crippen LogP contribution in [0.15, 0.2) is 60.8 Å². The summed E-state index contributed by atoms with van der Waals surface area (Å²) in [5, 5.41) is 12.6. The molecule has 8 heteroatoms. The summed E-state index contributed by atoms with van der Waals surface area (Å²) in [6, 6.07) is 15.6. The van der Waals surface area contributed by atoms with Crippen molar-refractivity contribution in [3.8, 4) is 11.1 Å². The molecule has 3 N–H and O–H groups in total. The lowest BCUT2D eigenvalue weighted by atomic mass is 10.1. The Labute approximate surface area is 166 Å². The van der Waals surface area contributed by atoms with Gasteiger partial charge >= 0.3 is 0 Å². The van der Waals surface area contributed by atoms with Crippen LogP contribution < -0.4 is 16.0 Å². The zero-order valence-electron chi connectivity index (χ0n) is 15.7. The summed E-state index contributed by atoms with van der Waals surface area (Å²) in [6.45, 7) is 1.41. The van der Waals surface area contributed by atoms with Gasteiger partial charge in [-0.15, -0.1) is 0 Å². The van der Waals surface area contributed by atoms with Gasteiger partial charge in [-0.2, -0.15) is 5.10 Å². The van der Waals surface area contributed by atoms with Gasteiger partial charge in [-0.1, -0.05) is 36.4 Å². The van der Waals surface area contributed by atoms with E-state index in [1.54, 1.807) is 30.5 Å². The van der Waals surface area contributed by atoms with E-state index in [0.717, 1.165) is 11.1 Å². The zero-order valence-corrected chi connectivity index (χ0v) is 15.7. The number of fused-ring (bicyclic) bond motifs is 1. The lowest BCUT2D eigenvalue weighted by Gasteiger charge is -2.24. The molecule has 29 heavy (non-hydrogen) atoms. The lowest BCUT2D eigenvalue weighted by Crippen LogP contribution is -2.35. The van der Waals surface area contributed by atoms with Crippen LogP contribution >= 0.6 is 0 Å². The molecule has 2 heterocycles. The fraction of sp³-hybridized carbons (Fsp3) is 0.143. The van der Waals surface area contributed by atoms with Gasteiger partial charge in [0.05, 0.1) is 12.6 Å². The summed E-state index contributed by atoms with van der Waals surface area (Å²) < 4.78 is 1.54. The van der Waals surface area contributed by atoms with Crippen molar-refractivity contribution in [3.63, 3.8) is 0 Å². The third kappa shape index (κ3) is 3.86. The molecule has 3 aromatic rings. The van der Waals surface area contributed by atoms with Crippen molar-refractivity contribution < 1.29 is 14.4 Å². The molecule has 8 nitrogen and oxygen atoms in total. The van der Waals surface area contributed by atoms with Crippen molar-refractivity contribution in [1.29, 1.82) is 0 Å². The second-order valence-corrected chi connectivity index (χ2v) is 6.74. The number of hydrogen-bond acceptors (Lipinski definition) is 4. The average Bonchev–Trinajstić information content (AvgIpc) is 3.11. The molecule has 1 atom stereocenters. The van der Waals surface area contributed by atoms with Crippen molar-refractivity contribution in [2.45, 2.75) is 19.4 Å². The maximum Gasteiger partial charge on any atom is 0.249 e. The number of benzene rings is 2. The standard InChI is InChI=1S/C21H19N5O3/c1-13(27)23-15-8-5-9-16(10-15)24-21(29)18-11-19(28)25-20-17(12-22-26(18)20)14-6-3-2-4-7-14/h2-10,12,18H,11H2,1H3,(H,23,27)(H,24,29)(H,25,28). The molecule has 3 amide bonds. The number of nitrogens with one attached hydrogen (secondary N) is 3. The SMILES string of the molecule is CC(=O)Nc1cccc(NC(=O)C2CC(=O)Nc3c(-c4ccccc4)cnn32)c1. The van der Waals surface area contributed by atoms with Gasteiger partial charge in [0.2, 0.25) is 17.7 Å². The number of carbonyl (C=O) groups excluding carboxylic acids is 3. The van der Waals surface area contributed by atoms with Crippen LogP contribution in [0.1, 0.15) is 19.4 Å². The molecule has 0 radical (unpaired) electrons. The predicted octanol–water partition coefficient (Wildman–Crippen LogP) is 3.03. The minimum Gasteiger partial charge on any atom is -0.326 e. The van der Waals surface area contributed by atoms with Crippen LogP contribution in [0.3, 0.4) is 0 Å².